The average Bonchev–Trinajstić information content (AvgIpc) is 2.80. The van der Waals surface area contributed by atoms with E-state index in [1.165, 1.54) is 17.5 Å². The van der Waals surface area contributed by atoms with E-state index in [9.17, 15) is 14.4 Å². The number of carbonyl (C=O) groups excluding carboxylic acids is 3. The fourth-order valence-corrected chi connectivity index (χ4v) is 3.00. The van der Waals surface area contributed by atoms with E-state index in [0.717, 1.165) is 0 Å². The summed E-state index contributed by atoms with van der Waals surface area (Å²) in [4.78, 5) is 44.4. The standard InChI is InChI=1S/C13H15N5O4/c1-2-15-6-16-9(14)8-5-18(12(21)22-8)13-3-7(4-13)10(19)17-11(13)20/h2,6-8,14H,3-5H2,1H3,(H,17,19,20)/b14-9?,15-2-,16-6-. The number of aliphatic imine (C=N–C) groups is 2. The number of hydrogen-bond acceptors (Lipinski definition) is 5. The van der Waals surface area contributed by atoms with Crippen LogP contribution in [0, 0.1) is 11.3 Å². The first-order valence-corrected chi connectivity index (χ1v) is 6.90. The summed E-state index contributed by atoms with van der Waals surface area (Å²) in [6.07, 6.45) is 1.84. The van der Waals surface area contributed by atoms with Crippen LogP contribution in [0.5, 0.6) is 0 Å². The molecule has 0 radical (unpaired) electrons. The number of cyclic esters (lactones) is 1. The molecule has 0 spiro atoms. The van der Waals surface area contributed by atoms with Crippen molar-refractivity contribution in [3.8, 4) is 0 Å². The summed E-state index contributed by atoms with van der Waals surface area (Å²) >= 11 is 0. The number of hydrogen-bond donors (Lipinski definition) is 2. The first-order chi connectivity index (χ1) is 10.5. The smallest absolute Gasteiger partial charge is 0.411 e. The van der Waals surface area contributed by atoms with Crippen LogP contribution in [0.15, 0.2) is 9.98 Å². The van der Waals surface area contributed by atoms with Gasteiger partial charge in [0.25, 0.3) is 5.91 Å². The number of rotatable bonds is 3. The van der Waals surface area contributed by atoms with Crippen LogP contribution in [0.2, 0.25) is 0 Å². The maximum absolute atomic E-state index is 12.1. The molecule has 4 aliphatic rings. The summed E-state index contributed by atoms with van der Waals surface area (Å²) in [7, 11) is 0. The summed E-state index contributed by atoms with van der Waals surface area (Å²) in [5.41, 5.74) is -1.02. The summed E-state index contributed by atoms with van der Waals surface area (Å²) in [6.45, 7) is 1.78. The van der Waals surface area contributed by atoms with Crippen molar-refractivity contribution in [3.05, 3.63) is 0 Å². The van der Waals surface area contributed by atoms with Crippen molar-refractivity contribution in [1.29, 1.82) is 5.41 Å². The molecule has 3 saturated heterocycles. The van der Waals surface area contributed by atoms with Crippen LogP contribution < -0.4 is 5.32 Å². The van der Waals surface area contributed by atoms with Crippen molar-refractivity contribution in [2.24, 2.45) is 15.9 Å². The Bertz CT molecular complexity index is 620. The fraction of sp³-hybridized carbons (Fsp3) is 0.538. The molecule has 4 fully saturated rings. The topological polar surface area (TPSA) is 124 Å². The van der Waals surface area contributed by atoms with Gasteiger partial charge in [-0.05, 0) is 19.8 Å². The SMILES string of the molecule is C/C=N\C=N/C(=N)C1CN(C23CC(C2)C(=O)NC3=O)C(=O)O1. The number of amides is 3. The number of nitrogens with zero attached hydrogens (tertiary/aromatic N) is 3. The van der Waals surface area contributed by atoms with Gasteiger partial charge in [0.2, 0.25) is 5.91 Å². The third-order valence-corrected chi connectivity index (χ3v) is 4.24. The largest absolute Gasteiger partial charge is 0.436 e. The molecule has 3 amide bonds. The van der Waals surface area contributed by atoms with Gasteiger partial charge < -0.3 is 4.74 Å². The van der Waals surface area contributed by atoms with Crippen molar-refractivity contribution in [2.75, 3.05) is 6.54 Å². The van der Waals surface area contributed by atoms with E-state index in [2.05, 4.69) is 15.3 Å². The van der Waals surface area contributed by atoms with Crippen molar-refractivity contribution < 1.29 is 19.1 Å². The number of nitrogens with one attached hydrogen (secondary N) is 2. The van der Waals surface area contributed by atoms with Crippen molar-refractivity contribution in [1.82, 2.24) is 10.2 Å². The summed E-state index contributed by atoms with van der Waals surface area (Å²) in [5, 5.41) is 10.1. The highest BCUT2D eigenvalue weighted by molar-refractivity contribution is 6.08. The van der Waals surface area contributed by atoms with Gasteiger partial charge in [-0.3, -0.25) is 25.2 Å². The molecule has 9 nitrogen and oxygen atoms in total. The van der Waals surface area contributed by atoms with Gasteiger partial charge in [0.05, 0.1) is 6.54 Å². The van der Waals surface area contributed by atoms with E-state index in [4.69, 9.17) is 10.1 Å². The molecule has 2 bridgehead atoms. The second-order valence-corrected chi connectivity index (χ2v) is 5.48. The van der Waals surface area contributed by atoms with Gasteiger partial charge in [0.15, 0.2) is 11.9 Å². The summed E-state index contributed by atoms with van der Waals surface area (Å²) in [5.74, 6) is -1.13. The Morgan fingerprint density at radius 1 is 1.45 bits per heavy atom. The molecular weight excluding hydrogens is 290 g/mol. The van der Waals surface area contributed by atoms with E-state index in [1.54, 1.807) is 6.92 Å². The monoisotopic (exact) mass is 305 g/mol. The molecule has 0 aromatic carbocycles. The van der Waals surface area contributed by atoms with Crippen LogP contribution in [-0.4, -0.2) is 59.4 Å². The maximum atomic E-state index is 12.1. The van der Waals surface area contributed by atoms with E-state index in [0.29, 0.717) is 12.8 Å². The van der Waals surface area contributed by atoms with Gasteiger partial charge in [-0.15, -0.1) is 0 Å². The zero-order valence-corrected chi connectivity index (χ0v) is 11.9. The third-order valence-electron chi connectivity index (χ3n) is 4.24. The zero-order chi connectivity index (χ0) is 15.9. The normalized spacial score (nSPS) is 34.0. The van der Waals surface area contributed by atoms with Gasteiger partial charge in [-0.1, -0.05) is 0 Å². The Morgan fingerprint density at radius 3 is 2.82 bits per heavy atom. The molecule has 2 N–H and O–H groups in total. The maximum Gasteiger partial charge on any atom is 0.411 e. The van der Waals surface area contributed by atoms with Crippen LogP contribution in [0.25, 0.3) is 0 Å². The van der Waals surface area contributed by atoms with Crippen LogP contribution >= 0.6 is 0 Å². The molecule has 4 rings (SSSR count). The third kappa shape index (κ3) is 2.00. The van der Waals surface area contributed by atoms with Gasteiger partial charge >= 0.3 is 6.09 Å². The highest BCUT2D eigenvalue weighted by Crippen LogP contribution is 2.47. The van der Waals surface area contributed by atoms with Crippen LogP contribution in [0.3, 0.4) is 0 Å². The Balaban J connectivity index is 1.72. The number of fused-ring (bicyclic) bond motifs is 2. The Kier molecular flexibility index (Phi) is 3.27. The molecule has 0 aromatic rings. The van der Waals surface area contributed by atoms with Crippen molar-refractivity contribution >= 4 is 36.3 Å². The number of carbonyl (C=O) groups is 3. The lowest BCUT2D eigenvalue weighted by Crippen LogP contribution is -2.73. The molecular formula is C13H15N5O4. The molecule has 3 aliphatic heterocycles. The minimum absolute atomic E-state index is 0.0686. The van der Waals surface area contributed by atoms with Crippen LogP contribution in [-0.2, 0) is 14.3 Å². The highest BCUT2D eigenvalue weighted by Gasteiger charge is 2.64. The molecule has 22 heavy (non-hydrogen) atoms. The van der Waals surface area contributed by atoms with Crippen LogP contribution in [0.4, 0.5) is 4.79 Å². The second-order valence-electron chi connectivity index (χ2n) is 5.48. The lowest BCUT2D eigenvalue weighted by Gasteiger charge is -2.52. The lowest BCUT2D eigenvalue weighted by molar-refractivity contribution is -0.159. The molecule has 9 heteroatoms. The predicted molar refractivity (Wildman–Crippen MR) is 76.0 cm³/mol. The molecule has 1 unspecified atom stereocenters. The Hall–Kier alpha value is -2.58. The van der Waals surface area contributed by atoms with Crippen molar-refractivity contribution in [2.45, 2.75) is 31.4 Å². The Labute approximate surface area is 125 Å². The first kappa shape index (κ1) is 14.4. The van der Waals surface area contributed by atoms with Crippen molar-refractivity contribution in [3.63, 3.8) is 0 Å². The first-order valence-electron chi connectivity index (χ1n) is 6.90. The minimum atomic E-state index is -1.02. The highest BCUT2D eigenvalue weighted by atomic mass is 16.6. The van der Waals surface area contributed by atoms with Crippen LogP contribution in [0.1, 0.15) is 19.8 Å². The summed E-state index contributed by atoms with van der Waals surface area (Å²) < 4.78 is 5.12. The quantitative estimate of drug-likeness (QED) is 0.422. The molecule has 0 aromatic heterocycles. The van der Waals surface area contributed by atoms with Gasteiger partial charge in [0.1, 0.15) is 11.9 Å². The lowest BCUT2D eigenvalue weighted by atomic mass is 9.63. The van der Waals surface area contributed by atoms with E-state index < -0.39 is 23.6 Å². The second kappa shape index (κ2) is 5.00. The number of piperidine rings is 2. The number of amidine groups is 1. The Morgan fingerprint density at radius 2 is 2.18 bits per heavy atom. The zero-order valence-electron chi connectivity index (χ0n) is 11.9. The molecule has 1 aliphatic carbocycles. The fourth-order valence-electron chi connectivity index (χ4n) is 3.00. The minimum Gasteiger partial charge on any atom is -0.436 e. The van der Waals surface area contributed by atoms with Gasteiger partial charge in [0, 0.05) is 12.1 Å². The van der Waals surface area contributed by atoms with E-state index >= 15 is 0 Å². The molecule has 1 saturated carbocycles. The number of ether oxygens (including phenoxy) is 1. The predicted octanol–water partition coefficient (Wildman–Crippen LogP) is -0.291. The molecule has 3 heterocycles. The van der Waals surface area contributed by atoms with E-state index in [-0.39, 0.29) is 24.2 Å². The summed E-state index contributed by atoms with van der Waals surface area (Å²) in [6, 6.07) is 0. The van der Waals surface area contributed by atoms with E-state index in [1.807, 2.05) is 0 Å². The number of imide groups is 1. The van der Waals surface area contributed by atoms with Gasteiger partial charge in [-0.25, -0.2) is 14.8 Å². The van der Waals surface area contributed by atoms with Gasteiger partial charge in [-0.2, -0.15) is 0 Å². The molecule has 1 atom stereocenters. The molecule has 116 valence electrons. The average molecular weight is 305 g/mol.